The van der Waals surface area contributed by atoms with Gasteiger partial charge < -0.3 is 10.4 Å². The number of aliphatic hydroxyl groups is 1. The van der Waals surface area contributed by atoms with Crippen molar-refractivity contribution in [1.82, 2.24) is 4.98 Å². The molecule has 0 fully saturated rings. The summed E-state index contributed by atoms with van der Waals surface area (Å²) >= 11 is 1.44. The van der Waals surface area contributed by atoms with Crippen molar-refractivity contribution in [3.63, 3.8) is 0 Å². The summed E-state index contributed by atoms with van der Waals surface area (Å²) in [4.78, 5) is 16.1. The highest BCUT2D eigenvalue weighted by Crippen LogP contribution is 2.16. The Labute approximate surface area is 121 Å². The van der Waals surface area contributed by atoms with Gasteiger partial charge in [-0.1, -0.05) is 17.9 Å². The van der Waals surface area contributed by atoms with Gasteiger partial charge in [0.2, 0.25) is 0 Å². The Hall–Kier alpha value is -2.16. The summed E-state index contributed by atoms with van der Waals surface area (Å²) in [5.74, 6) is 5.22. The van der Waals surface area contributed by atoms with Crippen LogP contribution in [0.25, 0.3) is 0 Å². The number of benzene rings is 1. The van der Waals surface area contributed by atoms with Crippen LogP contribution in [-0.2, 0) is 0 Å². The number of thiazole rings is 1. The standard InChI is InChI=1S/C15H14N2O2S/c1-10-5-6-13(8-12(10)4-3-7-18)17-15(19)14-9-20-11(2)16-14/h5-6,8-9,18H,7H2,1-2H3,(H,17,19). The van der Waals surface area contributed by atoms with Crippen molar-refractivity contribution in [3.05, 3.63) is 45.4 Å². The van der Waals surface area contributed by atoms with Crippen LogP contribution in [0.3, 0.4) is 0 Å². The molecule has 0 unspecified atom stereocenters. The number of nitrogens with one attached hydrogen (secondary N) is 1. The van der Waals surface area contributed by atoms with Crippen LogP contribution in [0.15, 0.2) is 23.6 Å². The smallest absolute Gasteiger partial charge is 0.275 e. The van der Waals surface area contributed by atoms with E-state index < -0.39 is 0 Å². The second-order valence-electron chi connectivity index (χ2n) is 4.20. The molecule has 0 saturated heterocycles. The van der Waals surface area contributed by atoms with E-state index >= 15 is 0 Å². The first kappa shape index (κ1) is 14.3. The summed E-state index contributed by atoms with van der Waals surface area (Å²) in [5, 5.41) is 14.1. The van der Waals surface area contributed by atoms with Crippen molar-refractivity contribution in [2.45, 2.75) is 13.8 Å². The summed E-state index contributed by atoms with van der Waals surface area (Å²) in [6.45, 7) is 3.60. The van der Waals surface area contributed by atoms with E-state index in [1.807, 2.05) is 26.0 Å². The Bertz CT molecular complexity index is 695. The topological polar surface area (TPSA) is 62.2 Å². The molecule has 0 atom stereocenters. The maximum absolute atomic E-state index is 12.0. The zero-order valence-electron chi connectivity index (χ0n) is 11.2. The zero-order chi connectivity index (χ0) is 14.5. The number of aromatic nitrogens is 1. The number of amides is 1. The van der Waals surface area contributed by atoms with E-state index in [2.05, 4.69) is 22.1 Å². The van der Waals surface area contributed by atoms with Crippen LogP contribution >= 0.6 is 11.3 Å². The van der Waals surface area contributed by atoms with Crippen molar-refractivity contribution in [2.75, 3.05) is 11.9 Å². The van der Waals surface area contributed by atoms with Gasteiger partial charge in [-0.15, -0.1) is 11.3 Å². The second kappa shape index (κ2) is 6.33. The third kappa shape index (κ3) is 3.44. The van der Waals surface area contributed by atoms with Gasteiger partial charge in [-0.05, 0) is 31.5 Å². The number of rotatable bonds is 2. The minimum Gasteiger partial charge on any atom is -0.384 e. The first-order chi connectivity index (χ1) is 9.60. The lowest BCUT2D eigenvalue weighted by molar-refractivity contribution is 0.102. The molecule has 102 valence electrons. The van der Waals surface area contributed by atoms with Crippen LogP contribution in [0.1, 0.15) is 26.6 Å². The molecule has 1 aromatic carbocycles. The molecule has 1 aromatic heterocycles. The molecular weight excluding hydrogens is 272 g/mol. The average molecular weight is 286 g/mol. The summed E-state index contributed by atoms with van der Waals surface area (Å²) in [6.07, 6.45) is 0. The molecule has 0 radical (unpaired) electrons. The SMILES string of the molecule is Cc1nc(C(=O)Nc2ccc(C)c(C#CCO)c2)cs1. The molecule has 20 heavy (non-hydrogen) atoms. The molecule has 0 saturated carbocycles. The van der Waals surface area contributed by atoms with E-state index in [1.165, 1.54) is 11.3 Å². The highest BCUT2D eigenvalue weighted by molar-refractivity contribution is 7.09. The summed E-state index contributed by atoms with van der Waals surface area (Å²) in [5.41, 5.74) is 2.85. The van der Waals surface area contributed by atoms with Crippen LogP contribution in [0.4, 0.5) is 5.69 Å². The van der Waals surface area contributed by atoms with E-state index in [0.717, 1.165) is 16.1 Å². The zero-order valence-corrected chi connectivity index (χ0v) is 12.0. The average Bonchev–Trinajstić information content (AvgIpc) is 2.86. The van der Waals surface area contributed by atoms with Crippen molar-refractivity contribution in [1.29, 1.82) is 0 Å². The minimum atomic E-state index is -0.237. The van der Waals surface area contributed by atoms with Crippen LogP contribution in [0.5, 0.6) is 0 Å². The summed E-state index contributed by atoms with van der Waals surface area (Å²) < 4.78 is 0. The number of carbonyl (C=O) groups excluding carboxylic acids is 1. The van der Waals surface area contributed by atoms with E-state index in [0.29, 0.717) is 11.4 Å². The maximum Gasteiger partial charge on any atom is 0.275 e. The van der Waals surface area contributed by atoms with Gasteiger partial charge >= 0.3 is 0 Å². The number of aryl methyl sites for hydroxylation is 2. The molecule has 0 aliphatic rings. The first-order valence-electron chi connectivity index (χ1n) is 6.04. The molecule has 2 rings (SSSR count). The number of nitrogens with zero attached hydrogens (tertiary/aromatic N) is 1. The molecular formula is C15H14N2O2S. The van der Waals surface area contributed by atoms with Gasteiger partial charge in [0.05, 0.1) is 5.01 Å². The Morgan fingerprint density at radius 1 is 1.45 bits per heavy atom. The number of carbonyl (C=O) groups is 1. The van der Waals surface area contributed by atoms with E-state index in [1.54, 1.807) is 11.4 Å². The van der Waals surface area contributed by atoms with E-state index in [4.69, 9.17) is 5.11 Å². The minimum absolute atomic E-state index is 0.186. The molecule has 2 N–H and O–H groups in total. The highest BCUT2D eigenvalue weighted by atomic mass is 32.1. The Morgan fingerprint density at radius 3 is 2.90 bits per heavy atom. The lowest BCUT2D eigenvalue weighted by atomic mass is 10.1. The van der Waals surface area contributed by atoms with Gasteiger partial charge in [0, 0.05) is 16.6 Å². The Kier molecular flexibility index (Phi) is 4.51. The predicted octanol–water partition coefficient (Wildman–Crippen LogP) is 2.36. The number of hydrogen-bond acceptors (Lipinski definition) is 4. The van der Waals surface area contributed by atoms with Gasteiger partial charge in [-0.2, -0.15) is 0 Å². The van der Waals surface area contributed by atoms with Gasteiger partial charge in [0.15, 0.2) is 0 Å². The Balaban J connectivity index is 2.19. The Morgan fingerprint density at radius 2 is 2.25 bits per heavy atom. The molecule has 1 heterocycles. The first-order valence-corrected chi connectivity index (χ1v) is 6.92. The third-order valence-corrected chi connectivity index (χ3v) is 3.42. The number of anilines is 1. The van der Waals surface area contributed by atoms with Gasteiger partial charge in [-0.3, -0.25) is 4.79 Å². The monoisotopic (exact) mass is 286 g/mol. The largest absolute Gasteiger partial charge is 0.384 e. The summed E-state index contributed by atoms with van der Waals surface area (Å²) in [7, 11) is 0. The van der Waals surface area contributed by atoms with Gasteiger partial charge in [0.1, 0.15) is 12.3 Å². The molecule has 0 aliphatic carbocycles. The number of aliphatic hydroxyl groups excluding tert-OH is 1. The van der Waals surface area contributed by atoms with Crippen molar-refractivity contribution < 1.29 is 9.90 Å². The highest BCUT2D eigenvalue weighted by Gasteiger charge is 2.10. The quantitative estimate of drug-likeness (QED) is 0.833. The van der Waals surface area contributed by atoms with E-state index in [9.17, 15) is 4.79 Å². The fourth-order valence-corrected chi connectivity index (χ4v) is 2.23. The predicted molar refractivity (Wildman–Crippen MR) is 79.9 cm³/mol. The van der Waals surface area contributed by atoms with Crippen molar-refractivity contribution in [3.8, 4) is 11.8 Å². The second-order valence-corrected chi connectivity index (χ2v) is 5.26. The number of hydrogen-bond donors (Lipinski definition) is 2. The summed E-state index contributed by atoms with van der Waals surface area (Å²) in [6, 6.07) is 5.48. The molecule has 2 aromatic rings. The molecule has 0 spiro atoms. The normalized spacial score (nSPS) is 9.75. The molecule has 5 heteroatoms. The van der Waals surface area contributed by atoms with Crippen LogP contribution in [0.2, 0.25) is 0 Å². The van der Waals surface area contributed by atoms with Crippen LogP contribution < -0.4 is 5.32 Å². The van der Waals surface area contributed by atoms with Gasteiger partial charge in [0.25, 0.3) is 5.91 Å². The molecule has 0 aliphatic heterocycles. The fourth-order valence-electron chi connectivity index (χ4n) is 1.63. The third-order valence-electron chi connectivity index (χ3n) is 2.65. The molecule has 0 bridgehead atoms. The maximum atomic E-state index is 12.0. The van der Waals surface area contributed by atoms with Gasteiger partial charge in [-0.25, -0.2) is 4.98 Å². The lowest BCUT2D eigenvalue weighted by Gasteiger charge is -2.05. The fraction of sp³-hybridized carbons (Fsp3) is 0.200. The van der Waals surface area contributed by atoms with Crippen LogP contribution in [0, 0.1) is 25.7 Å². The van der Waals surface area contributed by atoms with Crippen molar-refractivity contribution >= 4 is 22.9 Å². The van der Waals surface area contributed by atoms with Crippen LogP contribution in [-0.4, -0.2) is 22.6 Å². The van der Waals surface area contributed by atoms with Crippen molar-refractivity contribution in [2.24, 2.45) is 0 Å². The lowest BCUT2D eigenvalue weighted by Crippen LogP contribution is -2.12. The molecule has 1 amide bonds. The van der Waals surface area contributed by atoms with E-state index in [-0.39, 0.29) is 12.5 Å². The molecule has 4 nitrogen and oxygen atoms in total.